The Morgan fingerprint density at radius 3 is 1.18 bits per heavy atom. The van der Waals surface area contributed by atoms with Crippen LogP contribution >= 0.6 is 15.9 Å². The van der Waals surface area contributed by atoms with E-state index >= 15 is 0 Å². The van der Waals surface area contributed by atoms with E-state index in [0.717, 1.165) is 117 Å². The molecular formula is C102H143Br2N5O18. The number of nitrogens with zero attached hydrogens (tertiary/aromatic N) is 3. The maximum atomic E-state index is 12.2. The van der Waals surface area contributed by atoms with E-state index in [-0.39, 0.29) is 40.9 Å². The Kier molecular flexibility index (Phi) is 79.7. The van der Waals surface area contributed by atoms with Crippen molar-refractivity contribution in [3.63, 3.8) is 0 Å². The summed E-state index contributed by atoms with van der Waals surface area (Å²) in [6.45, 7) is 41.8. The zero-order chi connectivity index (χ0) is 92.8. The second-order valence-electron chi connectivity index (χ2n) is 26.9. The highest BCUT2D eigenvalue weighted by Gasteiger charge is 2.28. The number of ether oxygens (including phenoxy) is 13. The first-order chi connectivity index (χ1) is 61.4. The number of nitrogens with one attached hydrogen (secondary N) is 1. The third-order valence-electron chi connectivity index (χ3n) is 17.0. The molecule has 1 unspecified atom stereocenters. The molecule has 0 bridgehead atoms. The van der Waals surface area contributed by atoms with Crippen LogP contribution in [0.4, 0.5) is 0 Å². The molecule has 23 nitrogen and oxygen atoms in total. The molecule has 0 aliphatic carbocycles. The molecule has 127 heavy (non-hydrogen) atoms. The molecule has 0 heterocycles. The predicted molar refractivity (Wildman–Crippen MR) is 515 cm³/mol. The lowest BCUT2D eigenvalue weighted by molar-refractivity contribution is -0.935. The van der Waals surface area contributed by atoms with Gasteiger partial charge in [-0.1, -0.05) is 219 Å². The van der Waals surface area contributed by atoms with Gasteiger partial charge in [0.2, 0.25) is 0 Å². The molecule has 7 aromatic rings. The first-order valence-electron chi connectivity index (χ1n) is 42.3. The topological polar surface area (TPSA) is 250 Å². The van der Waals surface area contributed by atoms with Crippen molar-refractivity contribution in [2.45, 2.75) is 66.6 Å². The molecule has 0 aliphatic rings. The smallest absolute Gasteiger partial charge is 0.330 e. The van der Waals surface area contributed by atoms with Gasteiger partial charge in [0.15, 0.2) is 0 Å². The van der Waals surface area contributed by atoms with Gasteiger partial charge in [0, 0.05) is 117 Å². The fraction of sp³-hybridized carbons (Fsp3) is 0.382. The van der Waals surface area contributed by atoms with E-state index in [4.69, 9.17) is 57.8 Å². The Labute approximate surface area is 777 Å². The van der Waals surface area contributed by atoms with E-state index in [1.807, 2.05) is 105 Å². The SMILES string of the molecule is BrC/C=C/c1ccccc1.C=CC(=O)OCC.C=CCOc1ccc(C=O)cc1.C=CCOc1ccc(CN(C/C=C/c2ccccc2)CCOC)cc1.C=CCOc1ccc(CN(CCOC)CCC(=O)OCC)cc1.C=CCOc1ccc(C[N+](C/C=C/c2ccccc2)(CCOC)CCC(=O)OCC)cc1.CCOC(=O)CCNCCOC.COCCN.[Br-]. The van der Waals surface area contributed by atoms with E-state index in [2.05, 4.69) is 183 Å². The quantitative estimate of drug-likeness (QED) is 0.00525. The molecule has 7 rings (SSSR count). The number of esters is 4. The molecule has 25 heteroatoms. The number of carbonyl (C=O) groups is 5. The molecule has 0 aliphatic heterocycles. The summed E-state index contributed by atoms with van der Waals surface area (Å²) >= 11 is 3.32. The zero-order valence-electron chi connectivity index (χ0n) is 76.6. The summed E-state index contributed by atoms with van der Waals surface area (Å²) in [5.74, 6) is 2.43. The van der Waals surface area contributed by atoms with E-state index in [0.29, 0.717) is 135 Å². The molecule has 7 aromatic carbocycles. The normalized spacial score (nSPS) is 10.7. The van der Waals surface area contributed by atoms with Gasteiger partial charge in [-0.05, 0) is 134 Å². The Morgan fingerprint density at radius 2 is 0.803 bits per heavy atom. The standard InChI is InChI=1S/C27H36NO4.C22H27NO2.C18H27NO4.C10H10O2.C9H9Br.C8H17NO3.C5H8O2.C3H9NO.BrH/c1-4-21-32-26-15-13-25(14-16-26)23-28(20-22-30-3,19-17-27(29)31-5-2)18-9-12-24-10-7-6-8-11-24;1-3-17-25-22-13-11-21(12-14-22)19-23(16-18-24-2)15-7-10-20-8-5-4-6-9-20;1-4-13-23-17-8-6-16(7-9-17)15-19(12-14-21-3)11-10-18(20)22-5-2;1-2-7-12-10-5-3-9(8-11)4-6-10;10-8-4-7-9-5-2-1-3-6-9;1-3-12-8(10)4-5-9-6-7-11-2;1-3-5(6)7-4-2;1-5-3-2-4;/h4,6-16H,1,5,17-23H2,2-3H3;3-14H,1,15-19H2,2H3;4,6-9H,1,5,10-15H2,2-3H3;2-6,8H,1,7H2;1-7H,8H2;9H,3-7H2,1-2H3;3H,1,4H2,2H3;2-4H2,1H3;1H/q+1;;;;;;;;/p-1/b12-9+;10-7+;;;7-4+;;;;. The number of carbonyl (C=O) groups excluding carboxylic acids is 5. The van der Waals surface area contributed by atoms with Crippen molar-refractivity contribution in [1.82, 2.24) is 15.1 Å². The second kappa shape index (κ2) is 85.2. The van der Waals surface area contributed by atoms with Crippen molar-refractivity contribution in [2.75, 3.05) is 192 Å². The van der Waals surface area contributed by atoms with Crippen molar-refractivity contribution in [1.29, 1.82) is 0 Å². The number of quaternary nitrogens is 1. The minimum atomic E-state index is -0.359. The third-order valence-corrected chi connectivity index (χ3v) is 17.3. The van der Waals surface area contributed by atoms with Crippen LogP contribution in [-0.2, 0) is 81.4 Å². The van der Waals surface area contributed by atoms with Gasteiger partial charge in [0.25, 0.3) is 0 Å². The maximum Gasteiger partial charge on any atom is 0.330 e. The third kappa shape index (κ3) is 67.7. The lowest BCUT2D eigenvalue weighted by Crippen LogP contribution is -3.00. The maximum absolute atomic E-state index is 12.2. The highest BCUT2D eigenvalue weighted by atomic mass is 79.9. The molecule has 0 saturated heterocycles. The molecule has 0 saturated carbocycles. The van der Waals surface area contributed by atoms with Crippen LogP contribution in [0.3, 0.4) is 0 Å². The van der Waals surface area contributed by atoms with Crippen LogP contribution in [0.5, 0.6) is 23.0 Å². The average molecular weight is 1890 g/mol. The summed E-state index contributed by atoms with van der Waals surface area (Å²) in [5.41, 5.74) is 12.9. The molecule has 0 aromatic heterocycles. The summed E-state index contributed by atoms with van der Waals surface area (Å²) in [6, 6.07) is 62.1. The second-order valence-corrected chi connectivity index (χ2v) is 27.5. The van der Waals surface area contributed by atoms with Crippen LogP contribution in [0.15, 0.2) is 270 Å². The van der Waals surface area contributed by atoms with E-state index in [1.165, 1.54) is 22.3 Å². The summed E-state index contributed by atoms with van der Waals surface area (Å²) < 4.78 is 67.1. The Bertz CT molecular complexity index is 3960. The van der Waals surface area contributed by atoms with Gasteiger partial charge in [-0.15, -0.1) is 0 Å². The summed E-state index contributed by atoms with van der Waals surface area (Å²) in [5, 5.41) is 3.97. The zero-order valence-corrected chi connectivity index (χ0v) is 79.8. The largest absolute Gasteiger partial charge is 1.00 e. The van der Waals surface area contributed by atoms with Crippen LogP contribution in [0.2, 0.25) is 0 Å². The number of rotatable bonds is 55. The van der Waals surface area contributed by atoms with Gasteiger partial charge in [-0.25, -0.2) is 4.79 Å². The number of halogens is 2. The summed E-state index contributed by atoms with van der Waals surface area (Å²) in [4.78, 5) is 59.3. The van der Waals surface area contributed by atoms with Gasteiger partial charge in [0.05, 0.1) is 91.8 Å². The van der Waals surface area contributed by atoms with E-state index in [9.17, 15) is 24.0 Å². The van der Waals surface area contributed by atoms with Gasteiger partial charge in [-0.3, -0.25) is 29.0 Å². The number of methoxy groups -OCH3 is 5. The number of alkyl halides is 1. The number of benzene rings is 7. The van der Waals surface area contributed by atoms with Gasteiger partial charge < -0.3 is 94.1 Å². The number of hydrogen-bond donors (Lipinski definition) is 2. The number of hydrogen-bond acceptors (Lipinski definition) is 22. The van der Waals surface area contributed by atoms with Gasteiger partial charge >= 0.3 is 23.9 Å². The highest BCUT2D eigenvalue weighted by Crippen LogP contribution is 2.22. The summed E-state index contributed by atoms with van der Waals surface area (Å²) in [6.07, 6.45) is 22.9. The Balaban J connectivity index is 0. The van der Waals surface area contributed by atoms with Gasteiger partial charge in [0.1, 0.15) is 68.8 Å². The average Bonchev–Trinajstić information content (AvgIpc) is 0.832. The molecule has 1 atom stereocenters. The van der Waals surface area contributed by atoms with Crippen LogP contribution in [-0.4, -0.2) is 237 Å². The molecule has 698 valence electrons. The van der Waals surface area contributed by atoms with Crippen molar-refractivity contribution in [3.05, 3.63) is 309 Å². The van der Waals surface area contributed by atoms with Crippen molar-refractivity contribution in [2.24, 2.45) is 5.73 Å². The monoisotopic (exact) mass is 1880 g/mol. The Morgan fingerprint density at radius 1 is 0.417 bits per heavy atom. The lowest BCUT2D eigenvalue weighted by atomic mass is 10.1. The number of allylic oxidation sites excluding steroid dienone is 1. The Hall–Kier alpha value is -10.2. The molecule has 3 N–H and O–H groups in total. The minimum absolute atomic E-state index is 0. The fourth-order valence-corrected chi connectivity index (χ4v) is 10.9. The molecule has 0 radical (unpaired) electrons. The van der Waals surface area contributed by atoms with Crippen molar-refractivity contribution in [3.8, 4) is 23.0 Å². The first-order valence-corrected chi connectivity index (χ1v) is 43.5. The van der Waals surface area contributed by atoms with Crippen molar-refractivity contribution >= 4 is 64.3 Å². The number of nitrogens with two attached hydrogens (primary N) is 1. The molecule has 0 spiro atoms. The van der Waals surface area contributed by atoms with Gasteiger partial charge in [-0.2, -0.15) is 0 Å². The molecule has 0 amide bonds. The first kappa shape index (κ1) is 119. The summed E-state index contributed by atoms with van der Waals surface area (Å²) in [7, 11) is 8.41. The molecular weight excluding hydrogens is 1740 g/mol. The van der Waals surface area contributed by atoms with Crippen LogP contribution in [0, 0.1) is 0 Å². The molecule has 0 fully saturated rings. The number of aldehydes is 1. The highest BCUT2D eigenvalue weighted by molar-refractivity contribution is 9.09. The van der Waals surface area contributed by atoms with Crippen LogP contribution in [0.1, 0.15) is 90.7 Å². The van der Waals surface area contributed by atoms with Crippen LogP contribution < -0.4 is 47.0 Å². The van der Waals surface area contributed by atoms with Crippen molar-refractivity contribution < 1.29 is 107 Å². The van der Waals surface area contributed by atoms with Crippen LogP contribution in [0.25, 0.3) is 18.2 Å². The lowest BCUT2D eigenvalue weighted by Gasteiger charge is -2.38. The predicted octanol–water partition coefficient (Wildman–Crippen LogP) is 14.6. The van der Waals surface area contributed by atoms with E-state index in [1.54, 1.807) is 98.0 Å². The minimum Gasteiger partial charge on any atom is -1.00 e. The van der Waals surface area contributed by atoms with E-state index < -0.39 is 0 Å². The fourth-order valence-electron chi connectivity index (χ4n) is 10.7.